The summed E-state index contributed by atoms with van der Waals surface area (Å²) < 4.78 is 1.39. The predicted octanol–water partition coefficient (Wildman–Crippen LogP) is 1.42. The van der Waals surface area contributed by atoms with Crippen LogP contribution in [0, 0.1) is 6.92 Å². The first kappa shape index (κ1) is 15.7. The Hall–Kier alpha value is -3.22. The van der Waals surface area contributed by atoms with E-state index in [-0.39, 0.29) is 18.9 Å². The van der Waals surface area contributed by atoms with Crippen LogP contribution in [0.15, 0.2) is 52.2 Å². The van der Waals surface area contributed by atoms with Crippen molar-refractivity contribution in [2.75, 3.05) is 5.32 Å². The Morgan fingerprint density at radius 2 is 2.00 bits per heavy atom. The van der Waals surface area contributed by atoms with Crippen molar-refractivity contribution < 1.29 is 4.79 Å². The third-order valence-electron chi connectivity index (χ3n) is 3.65. The molecular formula is C17H16N4O3. The normalized spacial score (nSPS) is 10.7. The van der Waals surface area contributed by atoms with Crippen molar-refractivity contribution in [1.82, 2.24) is 14.5 Å². The lowest BCUT2D eigenvalue weighted by molar-refractivity contribution is -0.116. The van der Waals surface area contributed by atoms with Crippen LogP contribution in [0.2, 0.25) is 0 Å². The number of hydrogen-bond donors (Lipinski definition) is 2. The molecule has 1 amide bonds. The molecule has 0 spiro atoms. The average molecular weight is 324 g/mol. The Balaban J connectivity index is 1.78. The Kier molecular flexibility index (Phi) is 4.24. The first-order valence-electron chi connectivity index (χ1n) is 7.49. The van der Waals surface area contributed by atoms with E-state index in [9.17, 15) is 14.4 Å². The molecular weight excluding hydrogens is 308 g/mol. The molecule has 122 valence electrons. The van der Waals surface area contributed by atoms with Gasteiger partial charge in [-0.05, 0) is 30.7 Å². The smallest absolute Gasteiger partial charge is 0.311 e. The van der Waals surface area contributed by atoms with E-state index in [1.807, 2.05) is 13.0 Å². The van der Waals surface area contributed by atoms with Gasteiger partial charge in [-0.25, -0.2) is 9.78 Å². The molecule has 0 unspecified atom stereocenters. The number of nitrogens with one attached hydrogen (secondary N) is 2. The molecule has 3 rings (SSSR count). The van der Waals surface area contributed by atoms with Crippen LogP contribution < -0.4 is 16.6 Å². The van der Waals surface area contributed by atoms with Crippen LogP contribution in [-0.2, 0) is 11.3 Å². The van der Waals surface area contributed by atoms with Gasteiger partial charge in [0.05, 0.1) is 10.9 Å². The van der Waals surface area contributed by atoms with Crippen LogP contribution in [0.1, 0.15) is 12.0 Å². The van der Waals surface area contributed by atoms with Crippen molar-refractivity contribution in [3.05, 3.63) is 69.0 Å². The monoisotopic (exact) mass is 324 g/mol. The van der Waals surface area contributed by atoms with Gasteiger partial charge >= 0.3 is 5.69 Å². The number of anilines is 1. The molecule has 1 aromatic carbocycles. The third-order valence-corrected chi connectivity index (χ3v) is 3.65. The van der Waals surface area contributed by atoms with Crippen molar-refractivity contribution in [3.8, 4) is 0 Å². The minimum Gasteiger partial charge on any atom is -0.311 e. The number of fused-ring (bicyclic) bond motifs is 1. The largest absolute Gasteiger partial charge is 0.328 e. The van der Waals surface area contributed by atoms with Gasteiger partial charge in [-0.3, -0.25) is 19.1 Å². The first-order chi connectivity index (χ1) is 11.5. The lowest BCUT2D eigenvalue weighted by Crippen LogP contribution is -2.31. The maximum Gasteiger partial charge on any atom is 0.328 e. The summed E-state index contributed by atoms with van der Waals surface area (Å²) in [7, 11) is 0. The minimum atomic E-state index is -0.528. The number of benzene rings is 1. The Bertz CT molecular complexity index is 1000. The molecule has 7 heteroatoms. The van der Waals surface area contributed by atoms with Crippen LogP contribution in [0.4, 0.5) is 5.82 Å². The van der Waals surface area contributed by atoms with Crippen LogP contribution >= 0.6 is 0 Å². The van der Waals surface area contributed by atoms with Crippen molar-refractivity contribution in [1.29, 1.82) is 0 Å². The van der Waals surface area contributed by atoms with Gasteiger partial charge in [0.1, 0.15) is 5.82 Å². The summed E-state index contributed by atoms with van der Waals surface area (Å²) in [5.74, 6) is 0.206. The van der Waals surface area contributed by atoms with E-state index in [4.69, 9.17) is 0 Å². The molecule has 2 aromatic heterocycles. The van der Waals surface area contributed by atoms with Gasteiger partial charge in [0.15, 0.2) is 0 Å². The number of rotatable bonds is 4. The van der Waals surface area contributed by atoms with Gasteiger partial charge in [0.2, 0.25) is 5.91 Å². The van der Waals surface area contributed by atoms with Crippen molar-refractivity contribution in [2.24, 2.45) is 0 Å². The molecule has 0 bridgehead atoms. The minimum absolute atomic E-state index is 0.0888. The molecule has 0 aliphatic rings. The van der Waals surface area contributed by atoms with Gasteiger partial charge in [-0.15, -0.1) is 0 Å². The number of hydrogen-bond acceptors (Lipinski definition) is 4. The third kappa shape index (κ3) is 3.24. The molecule has 7 nitrogen and oxygen atoms in total. The second-order valence-electron chi connectivity index (χ2n) is 5.45. The van der Waals surface area contributed by atoms with E-state index in [0.29, 0.717) is 16.7 Å². The van der Waals surface area contributed by atoms with E-state index in [1.54, 1.807) is 36.5 Å². The van der Waals surface area contributed by atoms with Gasteiger partial charge in [0, 0.05) is 19.2 Å². The Labute approximate surface area is 137 Å². The molecule has 0 aliphatic heterocycles. The highest BCUT2D eigenvalue weighted by Gasteiger charge is 2.09. The zero-order valence-corrected chi connectivity index (χ0v) is 13.1. The number of pyridine rings is 1. The first-order valence-corrected chi connectivity index (χ1v) is 7.49. The Morgan fingerprint density at radius 1 is 1.21 bits per heavy atom. The summed E-state index contributed by atoms with van der Waals surface area (Å²) in [6, 6.07) is 10.4. The quantitative estimate of drug-likeness (QED) is 0.758. The fraction of sp³-hybridized carbons (Fsp3) is 0.176. The van der Waals surface area contributed by atoms with E-state index in [1.165, 1.54) is 4.57 Å². The fourth-order valence-electron chi connectivity index (χ4n) is 2.42. The SMILES string of the molecule is Cc1ccc(NC(=O)CCn2c(=O)[nH]c(=O)c3ccccc32)nc1. The van der Waals surface area contributed by atoms with E-state index in [2.05, 4.69) is 15.3 Å². The maximum absolute atomic E-state index is 12.0. The van der Waals surface area contributed by atoms with Crippen molar-refractivity contribution in [3.63, 3.8) is 0 Å². The predicted molar refractivity (Wildman–Crippen MR) is 91.0 cm³/mol. The van der Waals surface area contributed by atoms with E-state index < -0.39 is 11.2 Å². The molecule has 2 N–H and O–H groups in total. The lowest BCUT2D eigenvalue weighted by atomic mass is 10.2. The van der Waals surface area contributed by atoms with Gasteiger partial charge in [0.25, 0.3) is 5.56 Å². The van der Waals surface area contributed by atoms with Crippen molar-refractivity contribution >= 4 is 22.6 Å². The highest BCUT2D eigenvalue weighted by atomic mass is 16.2. The summed E-state index contributed by atoms with van der Waals surface area (Å²) >= 11 is 0. The lowest BCUT2D eigenvalue weighted by Gasteiger charge is -2.09. The number of carbonyl (C=O) groups is 1. The summed E-state index contributed by atoms with van der Waals surface area (Å²) in [5.41, 5.74) is 0.548. The van der Waals surface area contributed by atoms with Gasteiger partial charge < -0.3 is 5.32 Å². The molecule has 0 radical (unpaired) electrons. The van der Waals surface area contributed by atoms with E-state index in [0.717, 1.165) is 5.56 Å². The topological polar surface area (TPSA) is 96.9 Å². The number of amides is 1. The zero-order valence-electron chi connectivity index (χ0n) is 13.1. The number of aryl methyl sites for hydroxylation is 2. The number of nitrogens with zero attached hydrogens (tertiary/aromatic N) is 2. The van der Waals surface area contributed by atoms with Crippen LogP contribution in [0.5, 0.6) is 0 Å². The summed E-state index contributed by atoms with van der Waals surface area (Å²) in [5, 5.41) is 3.10. The molecule has 0 saturated carbocycles. The van der Waals surface area contributed by atoms with E-state index >= 15 is 0 Å². The van der Waals surface area contributed by atoms with Crippen molar-refractivity contribution in [2.45, 2.75) is 19.9 Å². The maximum atomic E-state index is 12.0. The summed E-state index contributed by atoms with van der Waals surface area (Å²) in [6.07, 6.45) is 1.75. The highest BCUT2D eigenvalue weighted by Crippen LogP contribution is 2.08. The number of carbonyl (C=O) groups excluding carboxylic acids is 1. The number of para-hydroxylation sites is 1. The van der Waals surface area contributed by atoms with Gasteiger partial charge in [-0.2, -0.15) is 0 Å². The number of H-pyrrole nitrogens is 1. The molecule has 3 aromatic rings. The Morgan fingerprint density at radius 3 is 2.75 bits per heavy atom. The zero-order chi connectivity index (χ0) is 17.1. The number of aromatic amines is 1. The summed E-state index contributed by atoms with van der Waals surface area (Å²) in [4.78, 5) is 42.2. The summed E-state index contributed by atoms with van der Waals surface area (Å²) in [6.45, 7) is 2.07. The average Bonchev–Trinajstić information content (AvgIpc) is 2.57. The van der Waals surface area contributed by atoms with Gasteiger partial charge in [-0.1, -0.05) is 18.2 Å². The van der Waals surface area contributed by atoms with Crippen LogP contribution in [0.25, 0.3) is 10.9 Å². The number of aromatic nitrogens is 3. The molecule has 2 heterocycles. The molecule has 0 atom stereocenters. The fourth-order valence-corrected chi connectivity index (χ4v) is 2.42. The second-order valence-corrected chi connectivity index (χ2v) is 5.45. The molecule has 0 fully saturated rings. The molecule has 0 saturated heterocycles. The second kappa shape index (κ2) is 6.49. The highest BCUT2D eigenvalue weighted by molar-refractivity contribution is 5.89. The molecule has 0 aliphatic carbocycles. The van der Waals surface area contributed by atoms with Crippen LogP contribution in [0.3, 0.4) is 0 Å². The van der Waals surface area contributed by atoms with Crippen LogP contribution in [-0.4, -0.2) is 20.4 Å². The molecule has 24 heavy (non-hydrogen) atoms. The standard InChI is InChI=1S/C17H16N4O3/c1-11-6-7-14(18-10-11)19-15(22)8-9-21-13-5-3-2-4-12(13)16(23)20-17(21)24/h2-7,10H,8-9H2,1H3,(H,18,19,22)(H,20,23,24).